The molecule has 133 valence electrons. The third kappa shape index (κ3) is 3.75. The van der Waals surface area contributed by atoms with E-state index >= 15 is 0 Å². The Balaban J connectivity index is 0.000000149. The molecule has 0 aliphatic heterocycles. The van der Waals surface area contributed by atoms with Gasteiger partial charge in [0.2, 0.25) is 0 Å². The zero-order valence-corrected chi connectivity index (χ0v) is 15.2. The zero-order chi connectivity index (χ0) is 17.1. The monoisotopic (exact) mass is 409 g/mol. The predicted octanol–water partition coefficient (Wildman–Crippen LogP) is 4.62. The van der Waals surface area contributed by atoms with E-state index < -0.39 is 0 Å². The first kappa shape index (κ1) is 18.1. The number of rotatable bonds is 1. The van der Waals surface area contributed by atoms with Gasteiger partial charge in [-0.05, 0) is 24.3 Å². The van der Waals surface area contributed by atoms with E-state index in [2.05, 4.69) is 19.9 Å². The summed E-state index contributed by atoms with van der Waals surface area (Å²) in [4.78, 5) is 15.9. The first-order valence-electron chi connectivity index (χ1n) is 7.67. The summed E-state index contributed by atoms with van der Waals surface area (Å²) in [7, 11) is 0. The number of pyridine rings is 1. The van der Waals surface area contributed by atoms with Crippen molar-refractivity contribution in [2.75, 3.05) is 0 Å². The number of benzene rings is 2. The molecule has 2 aromatic carbocycles. The third-order valence-electron chi connectivity index (χ3n) is 3.68. The van der Waals surface area contributed by atoms with Gasteiger partial charge < -0.3 is 10.1 Å². The first-order valence-corrected chi connectivity index (χ1v) is 8.61. The number of phenolic OH excluding ortho intramolecular Hbond substituents is 1. The zero-order valence-electron chi connectivity index (χ0n) is 13.4. The molecular formula is C19H14CuN4OS. The summed E-state index contributed by atoms with van der Waals surface area (Å²) in [6, 6.07) is 17.1. The number of nitrogens with one attached hydrogen (secondary N) is 1. The van der Waals surface area contributed by atoms with Gasteiger partial charge >= 0.3 is 0 Å². The van der Waals surface area contributed by atoms with E-state index in [9.17, 15) is 5.11 Å². The van der Waals surface area contributed by atoms with Gasteiger partial charge in [-0.15, -0.1) is 11.3 Å². The summed E-state index contributed by atoms with van der Waals surface area (Å²) in [6.45, 7) is 0. The summed E-state index contributed by atoms with van der Waals surface area (Å²) in [6.07, 6.45) is 1.67. The van der Waals surface area contributed by atoms with E-state index in [0.29, 0.717) is 5.52 Å². The van der Waals surface area contributed by atoms with Crippen LogP contribution < -0.4 is 0 Å². The van der Waals surface area contributed by atoms with Gasteiger partial charge in [0.1, 0.15) is 17.0 Å². The summed E-state index contributed by atoms with van der Waals surface area (Å²) in [5, 5.41) is 12.3. The number of hydrogen-bond donors (Lipinski definition) is 2. The quantitative estimate of drug-likeness (QED) is 0.396. The number of fused-ring (bicyclic) bond motifs is 2. The number of aromatic nitrogens is 4. The Morgan fingerprint density at radius 3 is 2.54 bits per heavy atom. The van der Waals surface area contributed by atoms with Gasteiger partial charge in [0.05, 0.1) is 16.5 Å². The van der Waals surface area contributed by atoms with Crippen LogP contribution >= 0.6 is 11.3 Å². The molecule has 3 heterocycles. The topological polar surface area (TPSA) is 74.7 Å². The molecule has 0 fully saturated rings. The maximum Gasteiger partial charge on any atom is 0.158 e. The van der Waals surface area contributed by atoms with E-state index in [1.54, 1.807) is 29.7 Å². The van der Waals surface area contributed by atoms with Crippen LogP contribution in [0.1, 0.15) is 0 Å². The van der Waals surface area contributed by atoms with Crippen molar-refractivity contribution >= 4 is 33.3 Å². The van der Waals surface area contributed by atoms with Crippen LogP contribution in [-0.2, 0) is 17.1 Å². The Labute approximate surface area is 164 Å². The van der Waals surface area contributed by atoms with Crippen molar-refractivity contribution < 1.29 is 22.2 Å². The molecule has 5 aromatic rings. The third-order valence-corrected chi connectivity index (χ3v) is 4.26. The van der Waals surface area contributed by atoms with E-state index in [1.807, 2.05) is 53.4 Å². The Kier molecular flexibility index (Phi) is 5.63. The van der Waals surface area contributed by atoms with Gasteiger partial charge in [0.25, 0.3) is 0 Å². The Morgan fingerprint density at radius 2 is 1.77 bits per heavy atom. The average molecular weight is 410 g/mol. The second kappa shape index (κ2) is 8.10. The van der Waals surface area contributed by atoms with Crippen molar-refractivity contribution in [2.45, 2.75) is 0 Å². The maximum atomic E-state index is 9.31. The molecule has 0 aliphatic rings. The average Bonchev–Trinajstić information content (AvgIpc) is 3.32. The molecule has 0 aliphatic carbocycles. The number of hydrogen-bond acceptors (Lipinski definition) is 5. The van der Waals surface area contributed by atoms with Gasteiger partial charge in [-0.2, -0.15) is 0 Å². The van der Waals surface area contributed by atoms with Crippen LogP contribution in [0.3, 0.4) is 0 Å². The van der Waals surface area contributed by atoms with Crippen LogP contribution in [0.2, 0.25) is 0 Å². The van der Waals surface area contributed by atoms with Crippen LogP contribution in [0.5, 0.6) is 5.75 Å². The maximum absolute atomic E-state index is 9.31. The summed E-state index contributed by atoms with van der Waals surface area (Å²) in [5.74, 6) is 1.08. The number of H-pyrrole nitrogens is 1. The van der Waals surface area contributed by atoms with E-state index in [-0.39, 0.29) is 22.8 Å². The van der Waals surface area contributed by atoms with Crippen LogP contribution in [0.25, 0.3) is 33.5 Å². The molecule has 5 rings (SSSR count). The first-order chi connectivity index (χ1) is 12.3. The molecule has 0 amide bonds. The largest absolute Gasteiger partial charge is 0.506 e. The molecule has 0 spiro atoms. The molecule has 0 atom stereocenters. The second-order valence-electron chi connectivity index (χ2n) is 5.33. The number of phenols is 1. The van der Waals surface area contributed by atoms with Crippen LogP contribution in [0.4, 0.5) is 0 Å². The minimum atomic E-state index is 0. The second-order valence-corrected chi connectivity index (χ2v) is 6.05. The minimum absolute atomic E-state index is 0. The number of imidazole rings is 1. The van der Waals surface area contributed by atoms with Crippen molar-refractivity contribution in [1.29, 1.82) is 0 Å². The molecule has 3 aromatic heterocycles. The number of aromatic amines is 1. The number of aromatic hydroxyl groups is 1. The molecule has 5 nitrogen and oxygen atoms in total. The van der Waals surface area contributed by atoms with Gasteiger partial charge in [-0.25, -0.2) is 9.97 Å². The van der Waals surface area contributed by atoms with Gasteiger partial charge in [-0.3, -0.25) is 4.98 Å². The van der Waals surface area contributed by atoms with Crippen LogP contribution in [0, 0.1) is 0 Å². The van der Waals surface area contributed by atoms with Crippen molar-refractivity contribution in [2.24, 2.45) is 0 Å². The Bertz CT molecular complexity index is 1090. The molecule has 0 unspecified atom stereocenters. The summed E-state index contributed by atoms with van der Waals surface area (Å²) >= 11 is 1.57. The van der Waals surface area contributed by atoms with E-state index in [4.69, 9.17) is 0 Å². The fourth-order valence-electron chi connectivity index (χ4n) is 2.49. The van der Waals surface area contributed by atoms with Crippen molar-refractivity contribution in [3.8, 4) is 17.3 Å². The molecule has 7 heteroatoms. The summed E-state index contributed by atoms with van der Waals surface area (Å²) in [5.41, 5.74) is 5.41. The summed E-state index contributed by atoms with van der Waals surface area (Å²) < 4.78 is 0. The van der Waals surface area contributed by atoms with Crippen LogP contribution in [0.15, 0.2) is 71.7 Å². The Morgan fingerprint density at radius 1 is 0.923 bits per heavy atom. The normalized spacial score (nSPS) is 10.2. The molecule has 0 bridgehead atoms. The minimum Gasteiger partial charge on any atom is -0.506 e. The molecule has 0 saturated carbocycles. The number of thiazole rings is 1. The standard InChI is InChI=1S/C10H7N3S.C9H7NO.Cu/c1-2-4-8-7(3-1)12-10(13-8)9-5-14-6-11-9;11-8-5-1-3-7-4-2-6-10-9(7)8;/h1-6H,(H,12,13);1-6,11H;. The number of para-hydroxylation sites is 3. The van der Waals surface area contributed by atoms with Gasteiger partial charge in [0, 0.05) is 34.0 Å². The van der Waals surface area contributed by atoms with Crippen molar-refractivity contribution in [3.05, 3.63) is 71.7 Å². The fourth-order valence-corrected chi connectivity index (χ4v) is 3.03. The smallest absolute Gasteiger partial charge is 0.158 e. The molecular weight excluding hydrogens is 396 g/mol. The molecule has 26 heavy (non-hydrogen) atoms. The SMILES string of the molecule is Oc1cccc2cccnc12.[Cu].c1ccc2[nH]c(-c3cscn3)nc2c1. The van der Waals surface area contributed by atoms with Crippen LogP contribution in [-0.4, -0.2) is 25.0 Å². The van der Waals surface area contributed by atoms with E-state index in [1.165, 1.54) is 0 Å². The number of nitrogens with zero attached hydrogens (tertiary/aromatic N) is 3. The van der Waals surface area contributed by atoms with Crippen molar-refractivity contribution in [1.82, 2.24) is 19.9 Å². The Hall–Kier alpha value is -2.73. The van der Waals surface area contributed by atoms with E-state index in [0.717, 1.165) is 27.9 Å². The van der Waals surface area contributed by atoms with Crippen molar-refractivity contribution in [3.63, 3.8) is 0 Å². The fraction of sp³-hybridized carbons (Fsp3) is 0. The van der Waals surface area contributed by atoms with Gasteiger partial charge in [-0.1, -0.05) is 30.3 Å². The molecule has 2 N–H and O–H groups in total. The molecule has 0 saturated heterocycles. The predicted molar refractivity (Wildman–Crippen MR) is 101 cm³/mol. The molecule has 1 radical (unpaired) electrons. The van der Waals surface area contributed by atoms with Gasteiger partial charge in [0.15, 0.2) is 5.82 Å².